The first-order chi connectivity index (χ1) is 16.2. The maximum Gasteiger partial charge on any atom is 0.138 e. The Labute approximate surface area is 200 Å². The van der Waals surface area contributed by atoms with Crippen molar-refractivity contribution in [3.63, 3.8) is 0 Å². The van der Waals surface area contributed by atoms with E-state index in [9.17, 15) is 9.50 Å². The number of fused-ring (bicyclic) bond motifs is 2. The molecule has 172 valence electrons. The zero-order valence-electron chi connectivity index (χ0n) is 20.2. The Morgan fingerprint density at radius 2 is 1.74 bits per heavy atom. The van der Waals surface area contributed by atoms with Gasteiger partial charge in [0.25, 0.3) is 0 Å². The largest absolute Gasteiger partial charge is 0.390 e. The molecule has 3 nitrogen and oxygen atoms in total. The van der Waals surface area contributed by atoms with Gasteiger partial charge in [0, 0.05) is 39.9 Å². The molecular weight excluding hydrogens is 423 g/mol. The summed E-state index contributed by atoms with van der Waals surface area (Å²) in [6.07, 6.45) is 1.41. The minimum Gasteiger partial charge on any atom is -0.390 e. The van der Waals surface area contributed by atoms with Crippen LogP contribution in [0.1, 0.15) is 54.5 Å². The van der Waals surface area contributed by atoms with E-state index in [0.717, 1.165) is 44.4 Å². The van der Waals surface area contributed by atoms with Crippen molar-refractivity contribution >= 4 is 16.6 Å². The number of para-hydroxylation sites is 1. The zero-order chi connectivity index (χ0) is 24.2. The van der Waals surface area contributed by atoms with Crippen molar-refractivity contribution in [3.05, 3.63) is 88.4 Å². The third-order valence-corrected chi connectivity index (χ3v) is 7.09. The second-order valence-corrected chi connectivity index (χ2v) is 9.91. The van der Waals surface area contributed by atoms with Crippen LogP contribution < -0.4 is 5.32 Å². The van der Waals surface area contributed by atoms with Gasteiger partial charge in [-0.05, 0) is 62.6 Å². The van der Waals surface area contributed by atoms with Crippen molar-refractivity contribution in [3.8, 4) is 23.0 Å². The van der Waals surface area contributed by atoms with Crippen LogP contribution in [0.4, 0.5) is 10.1 Å². The highest BCUT2D eigenvalue weighted by Crippen LogP contribution is 2.46. The van der Waals surface area contributed by atoms with Gasteiger partial charge in [-0.2, -0.15) is 0 Å². The molecule has 0 radical (unpaired) electrons. The van der Waals surface area contributed by atoms with E-state index in [2.05, 4.69) is 60.3 Å². The van der Waals surface area contributed by atoms with Gasteiger partial charge in [0.2, 0.25) is 0 Å². The highest BCUT2D eigenvalue weighted by molar-refractivity contribution is 5.98. The van der Waals surface area contributed by atoms with E-state index < -0.39 is 11.6 Å². The number of benzene rings is 3. The molecule has 4 aromatic rings. The molecule has 0 aliphatic carbocycles. The van der Waals surface area contributed by atoms with E-state index in [1.165, 1.54) is 11.6 Å². The number of hydrogen-bond acceptors (Lipinski definition) is 2. The van der Waals surface area contributed by atoms with Crippen molar-refractivity contribution in [2.24, 2.45) is 0 Å². The maximum absolute atomic E-state index is 14.4. The summed E-state index contributed by atoms with van der Waals surface area (Å²) in [5, 5.41) is 15.9. The average molecular weight is 453 g/mol. The van der Waals surface area contributed by atoms with Crippen LogP contribution in [0, 0.1) is 31.5 Å². The van der Waals surface area contributed by atoms with Crippen LogP contribution in [0.2, 0.25) is 0 Å². The van der Waals surface area contributed by atoms with Crippen molar-refractivity contribution in [2.45, 2.75) is 52.2 Å². The van der Waals surface area contributed by atoms with E-state index in [1.54, 1.807) is 18.2 Å². The second-order valence-electron chi connectivity index (χ2n) is 9.91. The van der Waals surface area contributed by atoms with Crippen LogP contribution in [0.5, 0.6) is 0 Å². The topological polar surface area (TPSA) is 48.0 Å². The summed E-state index contributed by atoms with van der Waals surface area (Å²) in [6, 6.07) is 15.0. The molecule has 3 aromatic carbocycles. The lowest BCUT2D eigenvalue weighted by atomic mass is 9.75. The van der Waals surface area contributed by atoms with Gasteiger partial charge in [-0.25, -0.2) is 4.39 Å². The number of nitrogens with one attached hydrogen (secondary N) is 2. The highest BCUT2D eigenvalue weighted by Gasteiger charge is 2.40. The predicted molar refractivity (Wildman–Crippen MR) is 138 cm³/mol. The smallest absolute Gasteiger partial charge is 0.138 e. The van der Waals surface area contributed by atoms with Crippen molar-refractivity contribution in [2.75, 3.05) is 5.32 Å². The number of aromatic nitrogens is 1. The Kier molecular flexibility index (Phi) is 5.26. The molecule has 1 aliphatic heterocycles. The average Bonchev–Trinajstić information content (AvgIpc) is 3.19. The monoisotopic (exact) mass is 452 g/mol. The Morgan fingerprint density at radius 3 is 2.50 bits per heavy atom. The van der Waals surface area contributed by atoms with Gasteiger partial charge in [0.1, 0.15) is 5.82 Å². The van der Waals surface area contributed by atoms with Gasteiger partial charge in [-0.1, -0.05) is 49.1 Å². The number of rotatable bonds is 1. The van der Waals surface area contributed by atoms with Gasteiger partial charge in [0.15, 0.2) is 0 Å². The molecule has 4 heteroatoms. The van der Waals surface area contributed by atoms with Crippen LogP contribution in [0.25, 0.3) is 22.0 Å². The molecule has 34 heavy (non-hydrogen) atoms. The quantitative estimate of drug-likeness (QED) is 0.283. The molecule has 0 fully saturated rings. The van der Waals surface area contributed by atoms with Crippen molar-refractivity contribution in [1.82, 2.24) is 4.98 Å². The number of H-pyrrole nitrogens is 1. The SMILES string of the molecule is Cc1cc(-c2cccc3c(C)c[nH]c23)c(C#Cc2ccccc2F)c2c1NC(C)(C)C(O)C2C. The summed E-state index contributed by atoms with van der Waals surface area (Å²) in [5.74, 6) is 5.90. The summed E-state index contributed by atoms with van der Waals surface area (Å²) in [5.41, 5.74) is 8.01. The molecule has 0 saturated carbocycles. The van der Waals surface area contributed by atoms with Crippen LogP contribution in [-0.4, -0.2) is 21.7 Å². The maximum atomic E-state index is 14.4. The molecule has 0 saturated heterocycles. The highest BCUT2D eigenvalue weighted by atomic mass is 19.1. The molecule has 1 aromatic heterocycles. The van der Waals surface area contributed by atoms with Gasteiger partial charge in [0.05, 0.1) is 22.7 Å². The minimum absolute atomic E-state index is 0.153. The minimum atomic E-state index is -0.604. The number of hydrogen-bond donors (Lipinski definition) is 3. The van der Waals surface area contributed by atoms with Gasteiger partial charge in [-0.3, -0.25) is 0 Å². The van der Waals surface area contributed by atoms with E-state index in [0.29, 0.717) is 5.56 Å². The summed E-state index contributed by atoms with van der Waals surface area (Å²) in [6.45, 7) is 10.2. The van der Waals surface area contributed by atoms with E-state index in [4.69, 9.17) is 0 Å². The normalized spacial score (nSPS) is 18.7. The molecular formula is C30H29FN2O. The Balaban J connectivity index is 1.84. The number of aliphatic hydroxyl groups is 1. The van der Waals surface area contributed by atoms with Gasteiger partial charge in [-0.15, -0.1) is 0 Å². The summed E-state index contributed by atoms with van der Waals surface area (Å²) in [7, 11) is 0. The number of halogens is 1. The van der Waals surface area contributed by atoms with E-state index in [1.807, 2.05) is 27.0 Å². The number of anilines is 1. The van der Waals surface area contributed by atoms with Gasteiger partial charge < -0.3 is 15.4 Å². The fourth-order valence-electron chi connectivity index (χ4n) is 5.20. The van der Waals surface area contributed by atoms with Crippen LogP contribution in [0.15, 0.2) is 54.7 Å². The van der Waals surface area contributed by atoms with E-state index in [-0.39, 0.29) is 11.7 Å². The first-order valence-corrected chi connectivity index (χ1v) is 11.7. The van der Waals surface area contributed by atoms with Crippen molar-refractivity contribution in [1.29, 1.82) is 0 Å². The zero-order valence-corrected chi connectivity index (χ0v) is 20.2. The summed E-state index contributed by atoms with van der Waals surface area (Å²) >= 11 is 0. The molecule has 0 spiro atoms. The molecule has 2 unspecified atom stereocenters. The number of aryl methyl sites for hydroxylation is 2. The lowest BCUT2D eigenvalue weighted by Gasteiger charge is -2.43. The Morgan fingerprint density at radius 1 is 0.971 bits per heavy atom. The van der Waals surface area contributed by atoms with Crippen molar-refractivity contribution < 1.29 is 9.50 Å². The molecule has 0 bridgehead atoms. The fraction of sp³-hybridized carbons (Fsp3) is 0.267. The molecule has 1 aliphatic rings. The Bertz CT molecular complexity index is 1490. The molecule has 2 atom stereocenters. The van der Waals surface area contributed by atoms with Gasteiger partial charge >= 0.3 is 0 Å². The van der Waals surface area contributed by atoms with E-state index >= 15 is 0 Å². The first-order valence-electron chi connectivity index (χ1n) is 11.7. The standard InChI is InChI=1S/C30H29FN2O/c1-17-15-24(23-11-8-10-21-18(2)16-32-28(21)23)22(14-13-20-9-6-7-12-25(20)31)26-19(3)29(34)30(4,5)33-27(17)26/h6-12,15-16,19,29,32-34H,1-5H3. The summed E-state index contributed by atoms with van der Waals surface area (Å²) in [4.78, 5) is 3.42. The molecule has 2 heterocycles. The fourth-order valence-corrected chi connectivity index (χ4v) is 5.20. The molecule has 5 rings (SSSR count). The van der Waals surface area contributed by atoms with Crippen LogP contribution >= 0.6 is 0 Å². The van der Waals surface area contributed by atoms with Crippen LogP contribution in [0.3, 0.4) is 0 Å². The molecule has 3 N–H and O–H groups in total. The third-order valence-electron chi connectivity index (χ3n) is 7.09. The lowest BCUT2D eigenvalue weighted by molar-refractivity contribution is 0.0868. The second kappa shape index (κ2) is 8.04. The third kappa shape index (κ3) is 3.48. The summed E-state index contributed by atoms with van der Waals surface area (Å²) < 4.78 is 14.4. The lowest BCUT2D eigenvalue weighted by Crippen LogP contribution is -2.50. The Hall–Kier alpha value is -3.55. The number of aliphatic hydroxyl groups excluding tert-OH is 1. The molecule has 0 amide bonds. The van der Waals surface area contributed by atoms with Crippen LogP contribution in [-0.2, 0) is 0 Å². The predicted octanol–water partition coefficient (Wildman–Crippen LogP) is 6.66. The first kappa shape index (κ1) is 22.3. The number of aromatic amines is 1.